The minimum absolute atomic E-state index is 0.265. The van der Waals surface area contributed by atoms with Crippen molar-refractivity contribution in [1.82, 2.24) is 10.2 Å². The monoisotopic (exact) mass is 304 g/mol. The normalized spacial score (nSPS) is 17.7. The molecule has 0 radical (unpaired) electrons. The van der Waals surface area contributed by atoms with Gasteiger partial charge in [0.05, 0.1) is 0 Å². The minimum Gasteiger partial charge on any atom is -0.444 e. The Balaban J connectivity index is 1.81. The average Bonchev–Trinajstić information content (AvgIpc) is 2.45. The van der Waals surface area contributed by atoms with Gasteiger partial charge in [0, 0.05) is 26.2 Å². The van der Waals surface area contributed by atoms with Crippen molar-refractivity contribution in [2.45, 2.75) is 51.7 Å². The summed E-state index contributed by atoms with van der Waals surface area (Å²) in [6, 6.07) is 9.04. The summed E-state index contributed by atoms with van der Waals surface area (Å²) < 4.78 is 5.36. The quantitative estimate of drug-likeness (QED) is 0.925. The Labute approximate surface area is 133 Å². The molecule has 122 valence electrons. The van der Waals surface area contributed by atoms with Gasteiger partial charge in [0.15, 0.2) is 0 Å². The van der Waals surface area contributed by atoms with Crippen molar-refractivity contribution in [2.75, 3.05) is 20.1 Å². The van der Waals surface area contributed by atoms with E-state index in [0.717, 1.165) is 13.0 Å². The third-order valence-corrected chi connectivity index (χ3v) is 3.91. The van der Waals surface area contributed by atoms with Gasteiger partial charge in [0.1, 0.15) is 5.60 Å². The smallest absolute Gasteiger partial charge is 0.410 e. The van der Waals surface area contributed by atoms with E-state index in [2.05, 4.69) is 29.6 Å². The summed E-state index contributed by atoms with van der Waals surface area (Å²) in [5.74, 6) is 0. The van der Waals surface area contributed by atoms with E-state index in [0.29, 0.717) is 12.6 Å². The summed E-state index contributed by atoms with van der Waals surface area (Å²) in [4.78, 5) is 13.5. The molecule has 4 heteroatoms. The van der Waals surface area contributed by atoms with Crippen molar-refractivity contribution in [1.29, 1.82) is 0 Å². The van der Waals surface area contributed by atoms with Crippen molar-refractivity contribution in [3.8, 4) is 0 Å². The van der Waals surface area contributed by atoms with Crippen LogP contribution in [0.5, 0.6) is 0 Å². The zero-order valence-corrected chi connectivity index (χ0v) is 14.2. The SMILES string of the molecule is CN(CCNC1CCCc2ccccc21)C(=O)OC(C)(C)C. The van der Waals surface area contributed by atoms with Crippen molar-refractivity contribution >= 4 is 6.09 Å². The van der Waals surface area contributed by atoms with E-state index in [9.17, 15) is 4.79 Å². The first-order chi connectivity index (χ1) is 10.4. The zero-order chi connectivity index (χ0) is 16.2. The maximum absolute atomic E-state index is 11.9. The number of aryl methyl sites for hydroxylation is 1. The van der Waals surface area contributed by atoms with Crippen LogP contribution in [0, 0.1) is 0 Å². The molecule has 0 saturated heterocycles. The molecular weight excluding hydrogens is 276 g/mol. The molecular formula is C18H28N2O2. The summed E-state index contributed by atoms with van der Waals surface area (Å²) in [7, 11) is 1.78. The number of fused-ring (bicyclic) bond motifs is 1. The Bertz CT molecular complexity index is 508. The molecule has 1 aromatic carbocycles. The number of hydrogen-bond donors (Lipinski definition) is 1. The van der Waals surface area contributed by atoms with Crippen LogP contribution in [0.1, 0.15) is 50.8 Å². The van der Waals surface area contributed by atoms with E-state index >= 15 is 0 Å². The van der Waals surface area contributed by atoms with Gasteiger partial charge in [-0.25, -0.2) is 4.79 Å². The van der Waals surface area contributed by atoms with E-state index in [1.165, 1.54) is 24.0 Å². The number of carbonyl (C=O) groups is 1. The summed E-state index contributed by atoms with van der Waals surface area (Å²) in [6.07, 6.45) is 3.29. The first-order valence-corrected chi connectivity index (χ1v) is 8.12. The van der Waals surface area contributed by atoms with Gasteiger partial charge in [0.25, 0.3) is 0 Å². The first kappa shape index (κ1) is 16.8. The van der Waals surface area contributed by atoms with Gasteiger partial charge in [-0.1, -0.05) is 24.3 Å². The molecule has 0 saturated carbocycles. The lowest BCUT2D eigenvalue weighted by molar-refractivity contribution is 0.0299. The molecule has 1 aliphatic rings. The number of hydrogen-bond acceptors (Lipinski definition) is 3. The molecule has 0 bridgehead atoms. The fourth-order valence-electron chi connectivity index (χ4n) is 2.80. The predicted octanol–water partition coefficient (Wildman–Crippen LogP) is 3.52. The van der Waals surface area contributed by atoms with E-state index in [1.54, 1.807) is 11.9 Å². The molecule has 0 aromatic heterocycles. The number of nitrogens with zero attached hydrogens (tertiary/aromatic N) is 1. The van der Waals surface area contributed by atoms with Gasteiger partial charge < -0.3 is 15.0 Å². The van der Waals surface area contributed by atoms with Crippen LogP contribution >= 0.6 is 0 Å². The molecule has 1 amide bonds. The second kappa shape index (κ2) is 7.14. The van der Waals surface area contributed by atoms with Crippen molar-refractivity contribution in [2.24, 2.45) is 0 Å². The molecule has 4 nitrogen and oxygen atoms in total. The van der Waals surface area contributed by atoms with Crippen molar-refractivity contribution in [3.05, 3.63) is 35.4 Å². The van der Waals surface area contributed by atoms with E-state index < -0.39 is 5.60 Å². The Morgan fingerprint density at radius 1 is 1.36 bits per heavy atom. The van der Waals surface area contributed by atoms with Crippen molar-refractivity contribution < 1.29 is 9.53 Å². The number of rotatable bonds is 4. The second-order valence-electron chi connectivity index (χ2n) is 7.00. The van der Waals surface area contributed by atoms with Gasteiger partial charge in [0.2, 0.25) is 0 Å². The van der Waals surface area contributed by atoms with Gasteiger partial charge >= 0.3 is 6.09 Å². The van der Waals surface area contributed by atoms with Crippen LogP contribution in [0.25, 0.3) is 0 Å². The summed E-state index contributed by atoms with van der Waals surface area (Å²) in [5, 5.41) is 3.58. The molecule has 1 aromatic rings. The Hall–Kier alpha value is -1.55. The highest BCUT2D eigenvalue weighted by atomic mass is 16.6. The fraction of sp³-hybridized carbons (Fsp3) is 0.611. The first-order valence-electron chi connectivity index (χ1n) is 8.12. The van der Waals surface area contributed by atoms with Crippen molar-refractivity contribution in [3.63, 3.8) is 0 Å². The lowest BCUT2D eigenvalue weighted by Gasteiger charge is -2.28. The third-order valence-electron chi connectivity index (χ3n) is 3.91. The largest absolute Gasteiger partial charge is 0.444 e. The maximum Gasteiger partial charge on any atom is 0.410 e. The van der Waals surface area contributed by atoms with Crippen LogP contribution < -0.4 is 5.32 Å². The molecule has 0 heterocycles. The van der Waals surface area contributed by atoms with Gasteiger partial charge in [-0.15, -0.1) is 0 Å². The second-order valence-corrected chi connectivity index (χ2v) is 7.00. The zero-order valence-electron chi connectivity index (χ0n) is 14.2. The number of amides is 1. The maximum atomic E-state index is 11.9. The van der Waals surface area contributed by atoms with Gasteiger partial charge in [-0.05, 0) is 51.2 Å². The number of likely N-dealkylation sites (N-methyl/N-ethyl adjacent to an activating group) is 1. The van der Waals surface area contributed by atoms with Crippen LogP contribution in [0.3, 0.4) is 0 Å². The highest BCUT2D eigenvalue weighted by Gasteiger charge is 2.21. The van der Waals surface area contributed by atoms with Crippen LogP contribution in [0.15, 0.2) is 24.3 Å². The average molecular weight is 304 g/mol. The van der Waals surface area contributed by atoms with E-state index in [4.69, 9.17) is 4.74 Å². The molecule has 22 heavy (non-hydrogen) atoms. The summed E-state index contributed by atoms with van der Waals surface area (Å²) in [5.41, 5.74) is 2.42. The summed E-state index contributed by atoms with van der Waals surface area (Å²) >= 11 is 0. The Morgan fingerprint density at radius 2 is 2.09 bits per heavy atom. The third kappa shape index (κ3) is 4.73. The highest BCUT2D eigenvalue weighted by molar-refractivity contribution is 5.67. The molecule has 1 aliphatic carbocycles. The molecule has 1 N–H and O–H groups in total. The lowest BCUT2D eigenvalue weighted by Crippen LogP contribution is -2.39. The topological polar surface area (TPSA) is 41.6 Å². The standard InChI is InChI=1S/C18H28N2O2/c1-18(2,3)22-17(21)20(4)13-12-19-16-11-7-9-14-8-5-6-10-15(14)16/h5-6,8,10,16,19H,7,9,11-13H2,1-4H3. The fourth-order valence-corrected chi connectivity index (χ4v) is 2.80. The number of nitrogens with one attached hydrogen (secondary N) is 1. The lowest BCUT2D eigenvalue weighted by atomic mass is 9.88. The molecule has 0 aliphatic heterocycles. The highest BCUT2D eigenvalue weighted by Crippen LogP contribution is 2.29. The van der Waals surface area contributed by atoms with Crippen LogP contribution in [0.2, 0.25) is 0 Å². The Morgan fingerprint density at radius 3 is 2.82 bits per heavy atom. The van der Waals surface area contributed by atoms with Crippen LogP contribution in [-0.4, -0.2) is 36.7 Å². The Kier molecular flexibility index (Phi) is 5.46. The molecule has 0 spiro atoms. The van der Waals surface area contributed by atoms with E-state index in [1.807, 2.05) is 20.8 Å². The minimum atomic E-state index is -0.443. The predicted molar refractivity (Wildman–Crippen MR) is 89.0 cm³/mol. The molecule has 0 fully saturated rings. The van der Waals surface area contributed by atoms with Gasteiger partial charge in [-0.2, -0.15) is 0 Å². The number of ether oxygens (including phenoxy) is 1. The van der Waals surface area contributed by atoms with Crippen LogP contribution in [0.4, 0.5) is 4.79 Å². The number of carbonyl (C=O) groups excluding carboxylic acids is 1. The number of benzene rings is 1. The molecule has 1 unspecified atom stereocenters. The van der Waals surface area contributed by atoms with Crippen LogP contribution in [-0.2, 0) is 11.2 Å². The molecule has 2 rings (SSSR count). The van der Waals surface area contributed by atoms with E-state index in [-0.39, 0.29) is 6.09 Å². The van der Waals surface area contributed by atoms with Gasteiger partial charge in [-0.3, -0.25) is 0 Å². The summed E-state index contributed by atoms with van der Waals surface area (Å²) in [6.45, 7) is 7.07. The molecule has 1 atom stereocenters.